The molecule has 3 aliphatic rings. The summed E-state index contributed by atoms with van der Waals surface area (Å²) in [6.45, 7) is 10.1. The topological polar surface area (TPSA) is 43.9 Å². The van der Waals surface area contributed by atoms with E-state index in [2.05, 4.69) is 47.9 Å². The number of hydrogen-bond donors (Lipinski definition) is 0. The first-order valence-corrected chi connectivity index (χ1v) is 11.4. The van der Waals surface area contributed by atoms with Crippen molar-refractivity contribution in [2.45, 2.75) is 46.1 Å². The summed E-state index contributed by atoms with van der Waals surface area (Å²) in [4.78, 5) is 32.8. The summed E-state index contributed by atoms with van der Waals surface area (Å²) in [5.74, 6) is 0.763. The second-order valence-electron chi connectivity index (χ2n) is 9.31. The van der Waals surface area contributed by atoms with E-state index in [4.69, 9.17) is 0 Å². The summed E-state index contributed by atoms with van der Waals surface area (Å²) in [5.41, 5.74) is 1.23. The van der Waals surface area contributed by atoms with Crippen molar-refractivity contribution >= 4 is 11.8 Å². The van der Waals surface area contributed by atoms with Gasteiger partial charge in [0.05, 0.1) is 5.92 Å². The molecule has 3 heterocycles. The van der Waals surface area contributed by atoms with Crippen molar-refractivity contribution in [2.75, 3.05) is 39.3 Å². The number of likely N-dealkylation sites (tertiary alicyclic amines) is 3. The molecule has 1 spiro atoms. The maximum Gasteiger partial charge on any atom is 0.227 e. The van der Waals surface area contributed by atoms with Crippen LogP contribution in [-0.4, -0.2) is 65.8 Å². The molecule has 3 aliphatic heterocycles. The third kappa shape index (κ3) is 3.94. The number of nitrogens with zero attached hydrogens (tertiary/aromatic N) is 3. The van der Waals surface area contributed by atoms with Gasteiger partial charge in [0.2, 0.25) is 11.8 Å². The zero-order valence-corrected chi connectivity index (χ0v) is 18.0. The van der Waals surface area contributed by atoms with Crippen molar-refractivity contribution in [1.29, 1.82) is 0 Å². The highest BCUT2D eigenvalue weighted by molar-refractivity contribution is 5.83. The van der Waals surface area contributed by atoms with Crippen LogP contribution in [0, 0.1) is 17.3 Å². The molecule has 0 radical (unpaired) electrons. The van der Waals surface area contributed by atoms with Crippen molar-refractivity contribution in [3.8, 4) is 0 Å². The number of amides is 2. The zero-order valence-electron chi connectivity index (χ0n) is 18.0. The first kappa shape index (κ1) is 20.4. The van der Waals surface area contributed by atoms with E-state index in [1.807, 2.05) is 11.0 Å². The molecule has 3 fully saturated rings. The summed E-state index contributed by atoms with van der Waals surface area (Å²) in [6.07, 6.45) is 4.04. The Bertz CT molecular complexity index is 719. The van der Waals surface area contributed by atoms with Gasteiger partial charge in [-0.05, 0) is 31.2 Å². The van der Waals surface area contributed by atoms with Crippen molar-refractivity contribution in [1.82, 2.24) is 14.7 Å². The average molecular weight is 398 g/mol. The maximum atomic E-state index is 13.4. The molecule has 0 N–H and O–H groups in total. The molecule has 29 heavy (non-hydrogen) atoms. The van der Waals surface area contributed by atoms with Gasteiger partial charge in [0.1, 0.15) is 0 Å². The summed E-state index contributed by atoms with van der Waals surface area (Å²) < 4.78 is 0. The molecular weight excluding hydrogens is 362 g/mol. The molecule has 5 nitrogen and oxygen atoms in total. The molecule has 0 aromatic heterocycles. The number of carbonyl (C=O) groups excluding carboxylic acids is 2. The van der Waals surface area contributed by atoms with Gasteiger partial charge in [0, 0.05) is 57.1 Å². The zero-order chi connectivity index (χ0) is 20.4. The van der Waals surface area contributed by atoms with Crippen molar-refractivity contribution < 1.29 is 9.59 Å². The number of rotatable bonds is 6. The van der Waals surface area contributed by atoms with Gasteiger partial charge in [-0.15, -0.1) is 0 Å². The van der Waals surface area contributed by atoms with Gasteiger partial charge in [-0.3, -0.25) is 14.5 Å². The lowest BCUT2D eigenvalue weighted by Gasteiger charge is -2.51. The van der Waals surface area contributed by atoms with E-state index in [0.29, 0.717) is 5.91 Å². The standard InChI is InChI=1S/C24H35N3O2/c1-3-20(4-2)22(28)27-17-24(18-27)16-25(14-19-10-6-5-7-11-19)15-21(24)23(29)26-12-8-9-13-26/h5-7,10-11,20-21H,3-4,8-9,12-18H2,1-2H3. The lowest BCUT2D eigenvalue weighted by atomic mass is 9.70. The first-order chi connectivity index (χ1) is 14.1. The molecule has 0 bridgehead atoms. The molecule has 1 atom stereocenters. The van der Waals surface area contributed by atoms with Gasteiger partial charge in [0.25, 0.3) is 0 Å². The van der Waals surface area contributed by atoms with Crippen molar-refractivity contribution in [3.63, 3.8) is 0 Å². The van der Waals surface area contributed by atoms with Crippen LogP contribution in [0.4, 0.5) is 0 Å². The lowest BCUT2D eigenvalue weighted by Crippen LogP contribution is -2.65. The Morgan fingerprint density at radius 3 is 2.28 bits per heavy atom. The Labute approximate surface area is 175 Å². The van der Waals surface area contributed by atoms with Crippen LogP contribution in [0.5, 0.6) is 0 Å². The number of benzene rings is 1. The maximum absolute atomic E-state index is 13.4. The Morgan fingerprint density at radius 2 is 1.66 bits per heavy atom. The smallest absolute Gasteiger partial charge is 0.227 e. The normalized spacial score (nSPS) is 23.8. The van der Waals surface area contributed by atoms with Crippen molar-refractivity contribution in [3.05, 3.63) is 35.9 Å². The van der Waals surface area contributed by atoms with Gasteiger partial charge < -0.3 is 9.80 Å². The van der Waals surface area contributed by atoms with Gasteiger partial charge in [0.15, 0.2) is 0 Å². The van der Waals surface area contributed by atoms with Crippen LogP contribution in [0.25, 0.3) is 0 Å². The highest BCUT2D eigenvalue weighted by Crippen LogP contribution is 2.46. The largest absolute Gasteiger partial charge is 0.342 e. The molecule has 2 amide bonds. The lowest BCUT2D eigenvalue weighted by molar-refractivity contribution is -0.156. The van der Waals surface area contributed by atoms with E-state index in [9.17, 15) is 9.59 Å². The van der Waals surface area contributed by atoms with Crippen LogP contribution < -0.4 is 0 Å². The minimum absolute atomic E-state index is 0.0232. The predicted molar refractivity (Wildman–Crippen MR) is 114 cm³/mol. The second kappa shape index (κ2) is 8.47. The summed E-state index contributed by atoms with van der Waals surface area (Å²) in [5, 5.41) is 0. The van der Waals surface area contributed by atoms with Crippen LogP contribution in [0.2, 0.25) is 0 Å². The minimum atomic E-state index is -0.0594. The van der Waals surface area contributed by atoms with E-state index < -0.39 is 0 Å². The third-order valence-corrected chi connectivity index (χ3v) is 7.34. The fourth-order valence-electron chi connectivity index (χ4n) is 5.62. The highest BCUT2D eigenvalue weighted by atomic mass is 16.2. The quantitative estimate of drug-likeness (QED) is 0.741. The third-order valence-electron chi connectivity index (χ3n) is 7.34. The Kier molecular flexibility index (Phi) is 5.95. The van der Waals surface area contributed by atoms with E-state index >= 15 is 0 Å². The molecule has 1 aromatic carbocycles. The second-order valence-corrected chi connectivity index (χ2v) is 9.31. The summed E-state index contributed by atoms with van der Waals surface area (Å²) in [6, 6.07) is 10.5. The monoisotopic (exact) mass is 397 g/mol. The molecule has 5 heteroatoms. The van der Waals surface area contributed by atoms with Crippen LogP contribution in [0.1, 0.15) is 45.1 Å². The molecule has 158 valence electrons. The van der Waals surface area contributed by atoms with E-state index in [0.717, 1.165) is 71.5 Å². The van der Waals surface area contributed by atoms with Gasteiger partial charge >= 0.3 is 0 Å². The van der Waals surface area contributed by atoms with E-state index in [-0.39, 0.29) is 23.2 Å². The van der Waals surface area contributed by atoms with Gasteiger partial charge in [-0.2, -0.15) is 0 Å². The SMILES string of the molecule is CCC(CC)C(=O)N1CC2(CN(Cc3ccccc3)CC2C(=O)N2CCCC2)C1. The Hall–Kier alpha value is -1.88. The van der Waals surface area contributed by atoms with E-state index in [1.54, 1.807) is 0 Å². The Morgan fingerprint density at radius 1 is 1.00 bits per heavy atom. The van der Waals surface area contributed by atoms with Gasteiger partial charge in [-0.1, -0.05) is 44.2 Å². The minimum Gasteiger partial charge on any atom is -0.342 e. The molecule has 0 saturated carbocycles. The predicted octanol–water partition coefficient (Wildman–Crippen LogP) is 3.01. The van der Waals surface area contributed by atoms with Crippen LogP contribution in [0.15, 0.2) is 30.3 Å². The van der Waals surface area contributed by atoms with E-state index in [1.165, 1.54) is 5.56 Å². The fourth-order valence-corrected chi connectivity index (χ4v) is 5.62. The van der Waals surface area contributed by atoms with Crippen LogP contribution >= 0.6 is 0 Å². The summed E-state index contributed by atoms with van der Waals surface area (Å²) in [7, 11) is 0. The van der Waals surface area contributed by atoms with Gasteiger partial charge in [-0.25, -0.2) is 0 Å². The van der Waals surface area contributed by atoms with Crippen LogP contribution in [-0.2, 0) is 16.1 Å². The summed E-state index contributed by atoms with van der Waals surface area (Å²) >= 11 is 0. The fraction of sp³-hybridized carbons (Fsp3) is 0.667. The first-order valence-electron chi connectivity index (χ1n) is 11.4. The average Bonchev–Trinajstić information content (AvgIpc) is 3.36. The van der Waals surface area contributed by atoms with Crippen LogP contribution in [0.3, 0.4) is 0 Å². The molecular formula is C24H35N3O2. The van der Waals surface area contributed by atoms with Crippen molar-refractivity contribution in [2.24, 2.45) is 17.3 Å². The Balaban J connectivity index is 1.48. The number of carbonyl (C=O) groups is 2. The molecule has 1 unspecified atom stereocenters. The highest BCUT2D eigenvalue weighted by Gasteiger charge is 2.58. The molecule has 4 rings (SSSR count). The molecule has 3 saturated heterocycles. The number of hydrogen-bond acceptors (Lipinski definition) is 3. The molecule has 1 aromatic rings. The molecule has 0 aliphatic carbocycles.